The third kappa shape index (κ3) is 3.51. The molecule has 5 rings (SSSR count). The zero-order valence-corrected chi connectivity index (χ0v) is 21.6. The van der Waals surface area contributed by atoms with Crippen LogP contribution in [0, 0.1) is 13.8 Å². The van der Waals surface area contributed by atoms with Gasteiger partial charge in [-0.1, -0.05) is 18.2 Å². The van der Waals surface area contributed by atoms with Gasteiger partial charge in [0.1, 0.15) is 4.90 Å². The minimum absolute atomic E-state index is 0.0382. The van der Waals surface area contributed by atoms with E-state index >= 15 is 0 Å². The fraction of sp³-hybridized carbons (Fsp3) is 0.292. The molecule has 1 aliphatic heterocycles. The third-order valence-electron chi connectivity index (χ3n) is 6.26. The van der Waals surface area contributed by atoms with E-state index in [-0.39, 0.29) is 22.2 Å². The number of carbonyl (C=O) groups excluding carboxylic acids is 1. The maximum Gasteiger partial charge on any atom is 0.334 e. The van der Waals surface area contributed by atoms with Gasteiger partial charge >= 0.3 is 5.97 Å². The monoisotopic (exact) mass is 525 g/mol. The van der Waals surface area contributed by atoms with E-state index in [1.165, 1.54) is 12.3 Å². The molecule has 0 N–H and O–H groups in total. The van der Waals surface area contributed by atoms with Crippen molar-refractivity contribution in [2.75, 3.05) is 6.61 Å². The molecule has 0 amide bonds. The number of fused-ring (bicyclic) bond motifs is 2. The zero-order valence-electron chi connectivity index (χ0n) is 20.0. The number of hydrogen-bond acceptors (Lipinski definition) is 9. The molecule has 1 saturated heterocycles. The topological polar surface area (TPSA) is 116 Å². The number of aromatic nitrogens is 4. The summed E-state index contributed by atoms with van der Waals surface area (Å²) in [6.45, 7) is 6.91. The second kappa shape index (κ2) is 8.49. The Morgan fingerprint density at radius 3 is 2.72 bits per heavy atom. The van der Waals surface area contributed by atoms with Crippen molar-refractivity contribution in [1.29, 1.82) is 0 Å². The number of nitrogens with zero attached hydrogens (tertiary/aromatic N) is 5. The molecular formula is C24H23N5O5S2. The van der Waals surface area contributed by atoms with Crippen molar-refractivity contribution in [2.24, 2.45) is 0 Å². The van der Waals surface area contributed by atoms with Crippen LogP contribution in [-0.4, -0.2) is 56.1 Å². The number of esters is 1. The highest BCUT2D eigenvalue weighted by Crippen LogP contribution is 2.43. The molecule has 3 aromatic heterocycles. The minimum atomic E-state index is -4.40. The van der Waals surface area contributed by atoms with Crippen LogP contribution in [0.2, 0.25) is 0 Å². The quantitative estimate of drug-likeness (QED) is 0.286. The summed E-state index contributed by atoms with van der Waals surface area (Å²) in [6, 6.07) is 8.61. The van der Waals surface area contributed by atoms with E-state index in [9.17, 15) is 13.2 Å². The minimum Gasteiger partial charge on any atom is -0.464 e. The van der Waals surface area contributed by atoms with Gasteiger partial charge in [0.15, 0.2) is 17.3 Å². The molecule has 2 unspecified atom stereocenters. The number of rotatable bonds is 5. The van der Waals surface area contributed by atoms with Gasteiger partial charge in [0, 0.05) is 29.4 Å². The first-order valence-corrected chi connectivity index (χ1v) is 13.0. The SMILES string of the molecule is CCOC(=O)C1N(S(=O)(=O)c2cccc3cccnc23)C(=S)OC1(C)c1cnc2cc(C)nn2c1C. The van der Waals surface area contributed by atoms with Crippen molar-refractivity contribution >= 4 is 49.9 Å². The number of pyridine rings is 1. The molecule has 1 aliphatic rings. The number of benzene rings is 1. The van der Waals surface area contributed by atoms with Gasteiger partial charge in [-0.25, -0.2) is 27.0 Å². The Morgan fingerprint density at radius 2 is 1.97 bits per heavy atom. The van der Waals surface area contributed by atoms with Crippen LogP contribution in [0.3, 0.4) is 0 Å². The Balaban J connectivity index is 1.72. The largest absolute Gasteiger partial charge is 0.464 e. The number of sulfonamides is 1. The van der Waals surface area contributed by atoms with Crippen LogP contribution in [0.4, 0.5) is 0 Å². The average molecular weight is 526 g/mol. The van der Waals surface area contributed by atoms with Gasteiger partial charge in [-0.15, -0.1) is 0 Å². The predicted molar refractivity (Wildman–Crippen MR) is 135 cm³/mol. The van der Waals surface area contributed by atoms with Gasteiger partial charge in [0.25, 0.3) is 15.2 Å². The first-order chi connectivity index (χ1) is 17.1. The molecule has 0 radical (unpaired) electrons. The standard InChI is InChI=1S/C24H23N5O5S2/c1-5-33-22(30)21-24(4,17-13-26-19-12-14(2)27-28(19)15(17)3)34-23(35)29(21)36(31,32)18-10-6-8-16-9-7-11-25-20(16)18/h6-13,21H,5H2,1-4H3. The second-order valence-corrected chi connectivity index (χ2v) is 10.7. The molecule has 1 fully saturated rings. The van der Waals surface area contributed by atoms with Crippen LogP contribution >= 0.6 is 12.2 Å². The Hall–Kier alpha value is -3.64. The van der Waals surface area contributed by atoms with Gasteiger partial charge < -0.3 is 9.47 Å². The van der Waals surface area contributed by atoms with Gasteiger partial charge in [-0.3, -0.25) is 4.98 Å². The molecule has 12 heteroatoms. The molecule has 0 saturated carbocycles. The summed E-state index contributed by atoms with van der Waals surface area (Å²) in [5.41, 5.74) is 1.15. The molecule has 0 spiro atoms. The molecule has 10 nitrogen and oxygen atoms in total. The highest BCUT2D eigenvalue weighted by atomic mass is 32.2. The molecule has 2 atom stereocenters. The van der Waals surface area contributed by atoms with E-state index in [2.05, 4.69) is 15.1 Å². The molecule has 4 heterocycles. The fourth-order valence-electron chi connectivity index (χ4n) is 4.63. The van der Waals surface area contributed by atoms with E-state index in [0.717, 1.165) is 10.00 Å². The van der Waals surface area contributed by atoms with Crippen LogP contribution in [0.25, 0.3) is 16.6 Å². The molecular weight excluding hydrogens is 502 g/mol. The Labute approximate surface area is 212 Å². The Morgan fingerprint density at radius 1 is 1.22 bits per heavy atom. The van der Waals surface area contributed by atoms with Crippen LogP contribution in [0.15, 0.2) is 53.7 Å². The van der Waals surface area contributed by atoms with E-state index in [1.54, 1.807) is 55.7 Å². The normalized spacial score (nSPS) is 20.2. The van der Waals surface area contributed by atoms with Gasteiger partial charge in [-0.05, 0) is 52.0 Å². The van der Waals surface area contributed by atoms with Gasteiger partial charge in [-0.2, -0.15) is 5.10 Å². The predicted octanol–water partition coefficient (Wildman–Crippen LogP) is 3.05. The molecule has 186 valence electrons. The molecule has 1 aromatic carbocycles. The van der Waals surface area contributed by atoms with E-state index in [4.69, 9.17) is 21.7 Å². The van der Waals surface area contributed by atoms with E-state index in [1.807, 2.05) is 13.0 Å². The number of para-hydroxylation sites is 1. The summed E-state index contributed by atoms with van der Waals surface area (Å²) in [7, 11) is -4.40. The number of hydrogen-bond donors (Lipinski definition) is 0. The number of carbonyl (C=O) groups is 1. The third-order valence-corrected chi connectivity index (χ3v) is 8.43. The lowest BCUT2D eigenvalue weighted by atomic mass is 9.88. The summed E-state index contributed by atoms with van der Waals surface area (Å²) in [6.07, 6.45) is 3.06. The maximum atomic E-state index is 14.1. The van der Waals surface area contributed by atoms with Crippen molar-refractivity contribution in [3.8, 4) is 0 Å². The highest BCUT2D eigenvalue weighted by Gasteiger charge is 2.60. The van der Waals surface area contributed by atoms with Crippen molar-refractivity contribution in [1.82, 2.24) is 23.9 Å². The fourth-order valence-corrected chi connectivity index (χ4v) is 6.88. The van der Waals surface area contributed by atoms with Crippen LogP contribution in [0.1, 0.15) is 30.8 Å². The molecule has 4 aromatic rings. The van der Waals surface area contributed by atoms with Crippen LogP contribution < -0.4 is 0 Å². The highest BCUT2D eigenvalue weighted by molar-refractivity contribution is 7.91. The maximum absolute atomic E-state index is 14.1. The summed E-state index contributed by atoms with van der Waals surface area (Å²) in [4.78, 5) is 22.0. The molecule has 36 heavy (non-hydrogen) atoms. The summed E-state index contributed by atoms with van der Waals surface area (Å²) >= 11 is 5.44. The Kier molecular flexibility index (Phi) is 5.67. The van der Waals surface area contributed by atoms with Crippen molar-refractivity contribution in [3.05, 3.63) is 65.7 Å². The summed E-state index contributed by atoms with van der Waals surface area (Å²) in [5.74, 6) is -0.798. The average Bonchev–Trinajstić information content (AvgIpc) is 3.36. The Bertz CT molecular complexity index is 1650. The number of ether oxygens (including phenoxy) is 2. The molecule has 0 bridgehead atoms. The van der Waals surface area contributed by atoms with Crippen LogP contribution in [0.5, 0.6) is 0 Å². The summed E-state index contributed by atoms with van der Waals surface area (Å²) in [5, 5.41) is 4.71. The lowest BCUT2D eigenvalue weighted by molar-refractivity contribution is -0.150. The first kappa shape index (κ1) is 24.1. The lowest BCUT2D eigenvalue weighted by Gasteiger charge is -2.31. The van der Waals surface area contributed by atoms with Gasteiger partial charge in [0.05, 0.1) is 23.5 Å². The van der Waals surface area contributed by atoms with Crippen LogP contribution in [-0.2, 0) is 29.9 Å². The lowest BCUT2D eigenvalue weighted by Crippen LogP contribution is -2.50. The summed E-state index contributed by atoms with van der Waals surface area (Å²) < 4.78 is 42.0. The van der Waals surface area contributed by atoms with E-state index < -0.39 is 27.6 Å². The van der Waals surface area contributed by atoms with E-state index in [0.29, 0.717) is 22.3 Å². The number of aryl methyl sites for hydroxylation is 2. The number of thiocarbonyl (C=S) groups is 1. The van der Waals surface area contributed by atoms with Gasteiger partial charge in [0.2, 0.25) is 0 Å². The smallest absolute Gasteiger partial charge is 0.334 e. The zero-order chi connectivity index (χ0) is 25.8. The van der Waals surface area contributed by atoms with Crippen molar-refractivity contribution in [2.45, 2.75) is 44.2 Å². The molecule has 0 aliphatic carbocycles. The van der Waals surface area contributed by atoms with Crippen molar-refractivity contribution < 1.29 is 22.7 Å². The first-order valence-electron chi connectivity index (χ1n) is 11.2. The van der Waals surface area contributed by atoms with Crippen molar-refractivity contribution in [3.63, 3.8) is 0 Å². The second-order valence-electron chi connectivity index (χ2n) is 8.57.